The number of azo groups is 1. The molecule has 0 saturated heterocycles. The molecule has 7 nitrogen and oxygen atoms in total. The van der Waals surface area contributed by atoms with Crippen LogP contribution < -0.4 is 0 Å². The van der Waals surface area contributed by atoms with Gasteiger partial charge in [0, 0.05) is 16.6 Å². The Bertz CT molecular complexity index is 1690. The third-order valence-electron chi connectivity index (χ3n) is 6.51. The van der Waals surface area contributed by atoms with E-state index in [9.17, 15) is 20.1 Å². The summed E-state index contributed by atoms with van der Waals surface area (Å²) in [7, 11) is 0. The molecule has 1 aromatic heterocycles. The van der Waals surface area contributed by atoms with Crippen molar-refractivity contribution in [3.63, 3.8) is 0 Å². The van der Waals surface area contributed by atoms with Gasteiger partial charge in [-0.2, -0.15) is 0 Å². The van der Waals surface area contributed by atoms with Crippen molar-refractivity contribution in [1.29, 1.82) is 0 Å². The predicted octanol–water partition coefficient (Wildman–Crippen LogP) is 8.12. The van der Waals surface area contributed by atoms with E-state index in [2.05, 4.69) is 31.0 Å². The number of nitrogens with zero attached hydrogens (tertiary/aromatic N) is 3. The molecule has 0 radical (unpaired) electrons. The maximum absolute atomic E-state index is 11.4. The van der Waals surface area contributed by atoms with Crippen LogP contribution in [0.1, 0.15) is 36.7 Å². The second-order valence-electron chi connectivity index (χ2n) is 10.1. The third kappa shape index (κ3) is 4.50. The summed E-state index contributed by atoms with van der Waals surface area (Å²) in [6.07, 6.45) is 0. The first kappa shape index (κ1) is 24.8. The largest absolute Gasteiger partial charge is 0.505 e. The molecule has 0 bridgehead atoms. The molecule has 3 N–H and O–H groups in total. The van der Waals surface area contributed by atoms with Gasteiger partial charge in [0.2, 0.25) is 5.88 Å². The SMILES string of the molecule is CC(C)(C)c1ccc(-n2c(O)c(N=Nc3cccc(-c4cccc(C(=O)O)c4)c3O)c3ccccc32)cc1. The van der Waals surface area contributed by atoms with Crippen molar-refractivity contribution in [2.24, 2.45) is 10.2 Å². The fourth-order valence-electron chi connectivity index (χ4n) is 4.45. The van der Waals surface area contributed by atoms with Crippen LogP contribution in [0.25, 0.3) is 27.7 Å². The minimum Gasteiger partial charge on any atom is -0.505 e. The molecule has 190 valence electrons. The van der Waals surface area contributed by atoms with E-state index in [4.69, 9.17) is 0 Å². The van der Waals surface area contributed by atoms with Crippen molar-refractivity contribution >= 4 is 28.2 Å². The molecule has 0 aliphatic heterocycles. The second kappa shape index (κ2) is 9.52. The molecule has 0 aliphatic rings. The molecule has 7 heteroatoms. The van der Waals surface area contributed by atoms with Gasteiger partial charge in [0.15, 0.2) is 11.4 Å². The van der Waals surface area contributed by atoms with Crippen LogP contribution in [0.5, 0.6) is 11.6 Å². The molecular weight excluding hydrogens is 478 g/mol. The number of carboxylic acid groups (broad SMARTS) is 1. The maximum Gasteiger partial charge on any atom is 0.335 e. The summed E-state index contributed by atoms with van der Waals surface area (Å²) < 4.78 is 1.73. The summed E-state index contributed by atoms with van der Waals surface area (Å²) in [6.45, 7) is 6.45. The van der Waals surface area contributed by atoms with E-state index in [1.165, 1.54) is 17.7 Å². The number of phenols is 1. The highest BCUT2D eigenvalue weighted by molar-refractivity contribution is 5.96. The number of benzene rings is 4. The van der Waals surface area contributed by atoms with Crippen LogP contribution in [-0.2, 0) is 5.41 Å². The average molecular weight is 506 g/mol. The van der Waals surface area contributed by atoms with Gasteiger partial charge in [-0.15, -0.1) is 10.2 Å². The standard InChI is InChI=1S/C31H27N3O4/c1-31(2,3)21-14-16-22(17-15-21)34-26-13-5-4-10-24(26)27(29(34)36)33-32-25-12-7-11-23(28(25)35)19-8-6-9-20(18-19)30(37)38/h4-18,35-36H,1-3H3,(H,37,38). The van der Waals surface area contributed by atoms with Gasteiger partial charge in [-0.25, -0.2) is 4.79 Å². The lowest BCUT2D eigenvalue weighted by Gasteiger charge is -2.19. The Morgan fingerprint density at radius 3 is 2.24 bits per heavy atom. The number of carbonyl (C=O) groups is 1. The molecule has 0 atom stereocenters. The minimum absolute atomic E-state index is 0.00415. The molecule has 5 rings (SSSR count). The monoisotopic (exact) mass is 505 g/mol. The molecular formula is C31H27N3O4. The first-order chi connectivity index (χ1) is 18.1. The van der Waals surface area contributed by atoms with Gasteiger partial charge in [-0.1, -0.05) is 75.4 Å². The molecule has 5 aromatic rings. The van der Waals surface area contributed by atoms with Gasteiger partial charge in [-0.05, 0) is 52.9 Å². The fraction of sp³-hybridized carbons (Fsp3) is 0.129. The summed E-state index contributed by atoms with van der Waals surface area (Å²) in [6, 6.07) is 26.8. The number of para-hydroxylation sites is 2. The Hall–Kier alpha value is -4.91. The lowest BCUT2D eigenvalue weighted by atomic mass is 9.87. The molecule has 0 aliphatic carbocycles. The van der Waals surface area contributed by atoms with Crippen LogP contribution in [0.3, 0.4) is 0 Å². The molecule has 38 heavy (non-hydrogen) atoms. The number of aromatic nitrogens is 1. The Kier molecular flexibility index (Phi) is 6.20. The topological polar surface area (TPSA) is 107 Å². The number of rotatable bonds is 5. The Labute approximate surface area is 220 Å². The lowest BCUT2D eigenvalue weighted by molar-refractivity contribution is 0.0697. The van der Waals surface area contributed by atoms with E-state index in [0.717, 1.165) is 11.2 Å². The molecule has 0 saturated carbocycles. The van der Waals surface area contributed by atoms with Gasteiger partial charge in [0.05, 0.1) is 11.1 Å². The molecule has 0 fully saturated rings. The normalized spacial score (nSPS) is 11.9. The molecule has 0 spiro atoms. The highest BCUT2D eigenvalue weighted by atomic mass is 16.4. The first-order valence-electron chi connectivity index (χ1n) is 12.2. The van der Waals surface area contributed by atoms with Gasteiger partial charge < -0.3 is 15.3 Å². The number of aromatic hydroxyl groups is 2. The van der Waals surface area contributed by atoms with E-state index in [1.807, 2.05) is 48.5 Å². The minimum atomic E-state index is -1.05. The van der Waals surface area contributed by atoms with Crippen molar-refractivity contribution in [2.75, 3.05) is 0 Å². The number of hydrogen-bond acceptors (Lipinski definition) is 5. The summed E-state index contributed by atoms with van der Waals surface area (Å²) in [4.78, 5) is 11.4. The predicted molar refractivity (Wildman–Crippen MR) is 148 cm³/mol. The van der Waals surface area contributed by atoms with Gasteiger partial charge in [0.1, 0.15) is 5.69 Å². The second-order valence-corrected chi connectivity index (χ2v) is 10.1. The number of fused-ring (bicyclic) bond motifs is 1. The van der Waals surface area contributed by atoms with Gasteiger partial charge in [-0.3, -0.25) is 4.57 Å². The molecule has 0 amide bonds. The zero-order valence-electron chi connectivity index (χ0n) is 21.3. The van der Waals surface area contributed by atoms with Crippen LogP contribution in [0.2, 0.25) is 0 Å². The summed E-state index contributed by atoms with van der Waals surface area (Å²) >= 11 is 0. The van der Waals surface area contributed by atoms with E-state index >= 15 is 0 Å². The third-order valence-corrected chi connectivity index (χ3v) is 6.51. The van der Waals surface area contributed by atoms with E-state index < -0.39 is 5.97 Å². The van der Waals surface area contributed by atoms with E-state index in [0.29, 0.717) is 16.5 Å². The number of carboxylic acids is 1. The summed E-state index contributed by atoms with van der Waals surface area (Å²) in [5.74, 6) is -1.26. The van der Waals surface area contributed by atoms with Crippen molar-refractivity contribution in [1.82, 2.24) is 4.57 Å². The van der Waals surface area contributed by atoms with E-state index in [-0.39, 0.29) is 34.0 Å². The smallest absolute Gasteiger partial charge is 0.335 e. The van der Waals surface area contributed by atoms with E-state index in [1.54, 1.807) is 34.9 Å². The highest BCUT2D eigenvalue weighted by Crippen LogP contribution is 2.43. The number of hydrogen-bond donors (Lipinski definition) is 3. The van der Waals surface area contributed by atoms with Crippen LogP contribution in [0.4, 0.5) is 11.4 Å². The van der Waals surface area contributed by atoms with Crippen LogP contribution in [0.15, 0.2) is 101 Å². The summed E-state index contributed by atoms with van der Waals surface area (Å²) in [5, 5.41) is 40.8. The zero-order chi connectivity index (χ0) is 27.0. The van der Waals surface area contributed by atoms with Crippen LogP contribution in [-0.4, -0.2) is 25.9 Å². The van der Waals surface area contributed by atoms with Crippen molar-refractivity contribution < 1.29 is 20.1 Å². The van der Waals surface area contributed by atoms with Crippen molar-refractivity contribution in [3.05, 3.63) is 102 Å². The van der Waals surface area contributed by atoms with Gasteiger partial charge in [0.25, 0.3) is 0 Å². The maximum atomic E-state index is 11.4. The van der Waals surface area contributed by atoms with Crippen molar-refractivity contribution in [3.8, 4) is 28.4 Å². The zero-order valence-corrected chi connectivity index (χ0v) is 21.3. The molecule has 4 aromatic carbocycles. The number of phenolic OH excluding ortho intramolecular Hbond substituents is 1. The summed E-state index contributed by atoms with van der Waals surface area (Å²) in [5.41, 5.74) is 4.29. The highest BCUT2D eigenvalue weighted by Gasteiger charge is 2.19. The Morgan fingerprint density at radius 1 is 0.816 bits per heavy atom. The lowest BCUT2D eigenvalue weighted by Crippen LogP contribution is -2.10. The number of aromatic carboxylic acids is 1. The fourth-order valence-corrected chi connectivity index (χ4v) is 4.45. The quantitative estimate of drug-likeness (QED) is 0.210. The average Bonchev–Trinajstić information content (AvgIpc) is 3.18. The van der Waals surface area contributed by atoms with Crippen LogP contribution in [0, 0.1) is 0 Å². The molecule has 0 unspecified atom stereocenters. The van der Waals surface area contributed by atoms with Crippen molar-refractivity contribution in [2.45, 2.75) is 26.2 Å². The molecule has 1 heterocycles. The Balaban J connectivity index is 1.57. The van der Waals surface area contributed by atoms with Gasteiger partial charge >= 0.3 is 5.97 Å². The Morgan fingerprint density at radius 2 is 1.53 bits per heavy atom. The first-order valence-corrected chi connectivity index (χ1v) is 12.2. The van der Waals surface area contributed by atoms with Crippen LogP contribution >= 0.6 is 0 Å².